The summed E-state index contributed by atoms with van der Waals surface area (Å²) < 4.78 is 26.9. The fraction of sp³-hybridized carbons (Fsp3) is 0.348. The fourth-order valence-electron chi connectivity index (χ4n) is 3.57. The number of amidine groups is 1. The van der Waals surface area contributed by atoms with Crippen molar-refractivity contribution in [2.75, 3.05) is 33.7 Å². The molecule has 1 aliphatic rings. The van der Waals surface area contributed by atoms with Crippen LogP contribution < -0.4 is 0 Å². The normalized spacial score (nSPS) is 13.8. The summed E-state index contributed by atoms with van der Waals surface area (Å²) in [4.78, 5) is 30.9. The zero-order valence-corrected chi connectivity index (χ0v) is 21.9. The van der Waals surface area contributed by atoms with Gasteiger partial charge in [-0.1, -0.05) is 47.5 Å². The van der Waals surface area contributed by atoms with Gasteiger partial charge in [-0.2, -0.15) is 0 Å². The number of nitrogens with zero attached hydrogens (tertiary/aromatic N) is 4. The molecule has 0 radical (unpaired) electrons. The monoisotopic (exact) mass is 540 g/mol. The SMILES string of the molecule is Cc1c(Cl)ccc(S(=O)(=O)N(C)CCC(=O)N(C)Cc2ccc(C3=NCCN3C(=O)O)cc2)c1Cl. The van der Waals surface area contributed by atoms with E-state index in [1.54, 1.807) is 38.2 Å². The Morgan fingerprint density at radius 3 is 2.40 bits per heavy atom. The highest BCUT2D eigenvalue weighted by atomic mass is 35.5. The molecule has 0 atom stereocenters. The van der Waals surface area contributed by atoms with Crippen LogP contribution in [0.4, 0.5) is 4.79 Å². The van der Waals surface area contributed by atoms with Gasteiger partial charge in [0.05, 0.1) is 18.1 Å². The number of benzene rings is 2. The Hall–Kier alpha value is -2.66. The lowest BCUT2D eigenvalue weighted by atomic mass is 10.1. The van der Waals surface area contributed by atoms with E-state index in [1.807, 2.05) is 0 Å². The lowest BCUT2D eigenvalue weighted by Crippen LogP contribution is -2.34. The van der Waals surface area contributed by atoms with E-state index in [0.717, 1.165) is 9.87 Å². The van der Waals surface area contributed by atoms with E-state index in [2.05, 4.69) is 4.99 Å². The second-order valence-electron chi connectivity index (χ2n) is 8.15. The van der Waals surface area contributed by atoms with Crippen LogP contribution in [0.2, 0.25) is 10.0 Å². The van der Waals surface area contributed by atoms with Gasteiger partial charge < -0.3 is 10.0 Å². The first-order chi connectivity index (χ1) is 16.4. The average Bonchev–Trinajstić information content (AvgIpc) is 3.31. The zero-order valence-electron chi connectivity index (χ0n) is 19.5. The van der Waals surface area contributed by atoms with Crippen LogP contribution in [-0.4, -0.2) is 79.2 Å². The quantitative estimate of drug-likeness (QED) is 0.548. The van der Waals surface area contributed by atoms with Gasteiger partial charge in [-0.05, 0) is 30.2 Å². The summed E-state index contributed by atoms with van der Waals surface area (Å²) in [6, 6.07) is 9.99. The van der Waals surface area contributed by atoms with Crippen LogP contribution in [0.15, 0.2) is 46.3 Å². The van der Waals surface area contributed by atoms with Crippen LogP contribution >= 0.6 is 23.2 Å². The molecular formula is C23H26Cl2N4O5S. The zero-order chi connectivity index (χ0) is 25.9. The van der Waals surface area contributed by atoms with Crippen molar-refractivity contribution in [3.8, 4) is 0 Å². The minimum absolute atomic E-state index is 0.0150. The Morgan fingerprint density at radius 2 is 1.77 bits per heavy atom. The summed E-state index contributed by atoms with van der Waals surface area (Å²) in [7, 11) is -0.865. The Labute approximate surface area is 214 Å². The molecule has 1 N–H and O–H groups in total. The molecule has 188 valence electrons. The van der Waals surface area contributed by atoms with E-state index < -0.39 is 16.1 Å². The predicted octanol–water partition coefficient (Wildman–Crippen LogP) is 3.71. The van der Waals surface area contributed by atoms with Gasteiger partial charge in [-0.25, -0.2) is 17.5 Å². The maximum absolute atomic E-state index is 12.9. The third-order valence-corrected chi connectivity index (χ3v) is 8.65. The highest BCUT2D eigenvalue weighted by Crippen LogP contribution is 2.31. The van der Waals surface area contributed by atoms with Gasteiger partial charge in [-0.15, -0.1) is 0 Å². The molecule has 35 heavy (non-hydrogen) atoms. The molecule has 0 saturated heterocycles. The van der Waals surface area contributed by atoms with Crippen molar-refractivity contribution in [2.45, 2.75) is 24.8 Å². The van der Waals surface area contributed by atoms with E-state index in [1.165, 1.54) is 29.0 Å². The highest BCUT2D eigenvalue weighted by Gasteiger charge is 2.26. The van der Waals surface area contributed by atoms with E-state index in [4.69, 9.17) is 23.2 Å². The molecule has 1 aliphatic heterocycles. The van der Waals surface area contributed by atoms with Crippen molar-refractivity contribution < 1.29 is 23.1 Å². The number of carbonyl (C=O) groups excluding carboxylic acids is 1. The number of sulfonamides is 1. The first kappa shape index (κ1) is 26.9. The van der Waals surface area contributed by atoms with Gasteiger partial charge in [0.15, 0.2) is 0 Å². The van der Waals surface area contributed by atoms with Crippen LogP contribution in [0.3, 0.4) is 0 Å². The lowest BCUT2D eigenvalue weighted by molar-refractivity contribution is -0.130. The second kappa shape index (κ2) is 10.9. The Kier molecular flexibility index (Phi) is 8.42. The maximum atomic E-state index is 12.9. The molecule has 0 aliphatic carbocycles. The largest absolute Gasteiger partial charge is 0.465 e. The summed E-state index contributed by atoms with van der Waals surface area (Å²) in [5.74, 6) is 0.181. The van der Waals surface area contributed by atoms with Gasteiger partial charge in [0.25, 0.3) is 0 Å². The van der Waals surface area contributed by atoms with Crippen LogP contribution in [-0.2, 0) is 21.4 Å². The van der Waals surface area contributed by atoms with Crippen molar-refractivity contribution in [3.05, 3.63) is 63.1 Å². The standard InChI is InChI=1S/C23H26Cl2N4O5S/c1-15-18(24)8-9-19(21(15)25)35(33,34)28(3)12-10-20(30)27(2)14-16-4-6-17(7-5-16)22-26-11-13-29(22)23(31)32/h4-9H,10-14H2,1-3H3,(H,31,32). The molecule has 0 saturated carbocycles. The molecule has 0 fully saturated rings. The van der Waals surface area contributed by atoms with Crippen LogP contribution in [0.5, 0.6) is 0 Å². The van der Waals surface area contributed by atoms with Crippen molar-refractivity contribution in [2.24, 2.45) is 4.99 Å². The maximum Gasteiger partial charge on any atom is 0.413 e. The number of rotatable bonds is 8. The minimum Gasteiger partial charge on any atom is -0.465 e. The summed E-state index contributed by atoms with van der Waals surface area (Å²) in [5, 5.41) is 9.70. The van der Waals surface area contributed by atoms with Gasteiger partial charge in [0, 0.05) is 44.2 Å². The van der Waals surface area contributed by atoms with Crippen molar-refractivity contribution >= 4 is 51.1 Å². The fourth-order valence-corrected chi connectivity index (χ4v) is 5.52. The third-order valence-electron chi connectivity index (χ3n) is 5.74. The lowest BCUT2D eigenvalue weighted by Gasteiger charge is -2.21. The molecule has 0 spiro atoms. The average molecular weight is 541 g/mol. The molecular weight excluding hydrogens is 515 g/mol. The van der Waals surface area contributed by atoms with Crippen LogP contribution in [0.25, 0.3) is 0 Å². The molecule has 12 heteroatoms. The van der Waals surface area contributed by atoms with E-state index in [-0.39, 0.29) is 28.8 Å². The minimum atomic E-state index is -3.90. The van der Waals surface area contributed by atoms with E-state index in [0.29, 0.717) is 41.6 Å². The first-order valence-electron chi connectivity index (χ1n) is 10.7. The number of amides is 2. The number of aliphatic imine (C=N–C) groups is 1. The molecule has 2 amide bonds. The number of hydrogen-bond donors (Lipinski definition) is 1. The Bertz CT molecular complexity index is 1270. The molecule has 0 bridgehead atoms. The molecule has 0 unspecified atom stereocenters. The highest BCUT2D eigenvalue weighted by molar-refractivity contribution is 7.89. The smallest absolute Gasteiger partial charge is 0.413 e. The Morgan fingerprint density at radius 1 is 1.11 bits per heavy atom. The second-order valence-corrected chi connectivity index (χ2v) is 10.9. The van der Waals surface area contributed by atoms with Crippen LogP contribution in [0, 0.1) is 6.92 Å². The van der Waals surface area contributed by atoms with Gasteiger partial charge in [0.1, 0.15) is 10.7 Å². The van der Waals surface area contributed by atoms with E-state index >= 15 is 0 Å². The van der Waals surface area contributed by atoms with Crippen molar-refractivity contribution in [1.29, 1.82) is 0 Å². The summed E-state index contributed by atoms with van der Waals surface area (Å²) in [6.45, 7) is 2.69. The van der Waals surface area contributed by atoms with Crippen molar-refractivity contribution in [1.82, 2.24) is 14.1 Å². The molecule has 0 aromatic heterocycles. The van der Waals surface area contributed by atoms with Gasteiger partial charge in [0.2, 0.25) is 15.9 Å². The Balaban J connectivity index is 1.59. The molecule has 3 rings (SSSR count). The van der Waals surface area contributed by atoms with E-state index in [9.17, 15) is 23.1 Å². The van der Waals surface area contributed by atoms with Crippen molar-refractivity contribution in [3.63, 3.8) is 0 Å². The van der Waals surface area contributed by atoms with Gasteiger partial charge in [-0.3, -0.25) is 14.7 Å². The predicted molar refractivity (Wildman–Crippen MR) is 135 cm³/mol. The molecule has 9 nitrogen and oxygen atoms in total. The number of carbonyl (C=O) groups is 2. The number of halogens is 2. The van der Waals surface area contributed by atoms with Gasteiger partial charge >= 0.3 is 6.09 Å². The molecule has 2 aromatic carbocycles. The molecule has 2 aromatic rings. The summed E-state index contributed by atoms with van der Waals surface area (Å²) in [6.07, 6.45) is -1.06. The topological polar surface area (TPSA) is 111 Å². The third kappa shape index (κ3) is 5.95. The first-order valence-corrected chi connectivity index (χ1v) is 12.9. The van der Waals surface area contributed by atoms with Crippen LogP contribution in [0.1, 0.15) is 23.1 Å². The summed E-state index contributed by atoms with van der Waals surface area (Å²) >= 11 is 12.2. The summed E-state index contributed by atoms with van der Waals surface area (Å²) in [5.41, 5.74) is 2.00. The number of hydrogen-bond acceptors (Lipinski definition) is 5. The number of carboxylic acid groups (broad SMARTS) is 1. The molecule has 1 heterocycles.